The summed E-state index contributed by atoms with van der Waals surface area (Å²) in [4.78, 5) is 2.06. The lowest BCUT2D eigenvalue weighted by molar-refractivity contribution is 0.221. The van der Waals surface area contributed by atoms with Gasteiger partial charge < -0.3 is 0 Å². The molecule has 0 fully saturated rings. The molecule has 0 aliphatic rings. The monoisotopic (exact) mass is 294 g/mol. The normalized spacial score (nSPS) is 11.8. The number of hydrogen-bond acceptors (Lipinski definition) is 6. The van der Waals surface area contributed by atoms with Crippen LogP contribution in [0.5, 0.6) is 0 Å². The molecule has 1 aromatic rings. The fraction of sp³-hybridized carbons (Fsp3) is 0.400. The third kappa shape index (κ3) is 4.32. The lowest BCUT2D eigenvalue weighted by Gasteiger charge is -2.12. The fourth-order valence-corrected chi connectivity index (χ4v) is 3.41. The third-order valence-electron chi connectivity index (χ3n) is 2.04. The van der Waals surface area contributed by atoms with Crippen LogP contribution in [0, 0.1) is 6.92 Å². The molecule has 4 nitrogen and oxygen atoms in total. The van der Waals surface area contributed by atoms with Crippen LogP contribution in [0.1, 0.15) is 5.56 Å². The van der Waals surface area contributed by atoms with Crippen molar-refractivity contribution in [2.75, 3.05) is 20.5 Å². The molecule has 0 aromatic heterocycles. The largest absolute Gasteiger partial charge is 0.485 e. The van der Waals surface area contributed by atoms with Gasteiger partial charge in [0.15, 0.2) is 0 Å². The van der Waals surface area contributed by atoms with Gasteiger partial charge in [-0.05, 0) is 36.9 Å². The first kappa shape index (κ1) is 15.1. The molecular formula is C10H15O4PS2. The van der Waals surface area contributed by atoms with E-state index in [1.54, 1.807) is 11.8 Å². The standard InChI is InChI=1S/C10H15O4PS2/c1-8-7-9(5-6-10(8)16-4)17-14-15(11,12-2)13-3/h5-7H,1-4H3. The molecule has 7 heteroatoms. The Labute approximate surface area is 110 Å². The number of phosphoric acid groups is 1. The Kier molecular flexibility index (Phi) is 6.06. The SMILES string of the molecule is COP(=O)(OC)OSc1ccc(SC)c(C)c1. The van der Waals surface area contributed by atoms with E-state index >= 15 is 0 Å². The Balaban J connectivity index is 2.70. The van der Waals surface area contributed by atoms with E-state index in [4.69, 9.17) is 3.97 Å². The van der Waals surface area contributed by atoms with Crippen LogP contribution in [0.4, 0.5) is 0 Å². The summed E-state index contributed by atoms with van der Waals surface area (Å²) >= 11 is 2.67. The molecule has 0 N–H and O–H groups in total. The molecule has 1 rings (SSSR count). The van der Waals surface area contributed by atoms with Gasteiger partial charge in [0.2, 0.25) is 0 Å². The molecule has 0 saturated carbocycles. The second-order valence-electron chi connectivity index (χ2n) is 3.10. The van der Waals surface area contributed by atoms with Crippen molar-refractivity contribution >= 4 is 31.6 Å². The van der Waals surface area contributed by atoms with E-state index in [0.717, 1.165) is 22.5 Å². The quantitative estimate of drug-likeness (QED) is 0.446. The molecule has 0 unspecified atom stereocenters. The second-order valence-corrected chi connectivity index (χ2v) is 6.81. The van der Waals surface area contributed by atoms with E-state index in [-0.39, 0.29) is 0 Å². The van der Waals surface area contributed by atoms with Gasteiger partial charge in [0.1, 0.15) is 0 Å². The average Bonchev–Trinajstić information content (AvgIpc) is 2.36. The third-order valence-corrected chi connectivity index (χ3v) is 5.31. The first-order chi connectivity index (χ1) is 8.04. The summed E-state index contributed by atoms with van der Waals surface area (Å²) in [6, 6.07) is 5.86. The summed E-state index contributed by atoms with van der Waals surface area (Å²) in [5.74, 6) is 0. The number of aryl methyl sites for hydroxylation is 1. The molecule has 0 spiro atoms. The Morgan fingerprint density at radius 1 is 1.24 bits per heavy atom. The predicted molar refractivity (Wildman–Crippen MR) is 71.5 cm³/mol. The zero-order valence-electron chi connectivity index (χ0n) is 10.1. The van der Waals surface area contributed by atoms with Crippen LogP contribution in [-0.4, -0.2) is 20.5 Å². The van der Waals surface area contributed by atoms with Crippen molar-refractivity contribution in [1.29, 1.82) is 0 Å². The summed E-state index contributed by atoms with van der Waals surface area (Å²) in [5, 5.41) is 0. The molecule has 0 aliphatic heterocycles. The summed E-state index contributed by atoms with van der Waals surface area (Å²) in [6.45, 7) is 2.02. The summed E-state index contributed by atoms with van der Waals surface area (Å²) in [7, 11) is -0.853. The van der Waals surface area contributed by atoms with Gasteiger partial charge in [-0.2, -0.15) is 0 Å². The minimum Gasteiger partial charge on any atom is -0.290 e. The fourth-order valence-electron chi connectivity index (χ4n) is 1.13. The smallest absolute Gasteiger partial charge is 0.290 e. The van der Waals surface area contributed by atoms with Crippen molar-refractivity contribution in [3.05, 3.63) is 23.8 Å². The van der Waals surface area contributed by atoms with Crippen LogP contribution in [0.3, 0.4) is 0 Å². The highest BCUT2D eigenvalue weighted by Crippen LogP contribution is 2.52. The maximum Gasteiger partial charge on any atom is 0.485 e. The van der Waals surface area contributed by atoms with Crippen LogP contribution < -0.4 is 0 Å². The van der Waals surface area contributed by atoms with Gasteiger partial charge in [-0.25, -0.2) is 8.54 Å². The van der Waals surface area contributed by atoms with Gasteiger partial charge in [-0.1, -0.05) is 0 Å². The topological polar surface area (TPSA) is 44.8 Å². The summed E-state index contributed by atoms with van der Waals surface area (Å²) < 4.78 is 26.0. The van der Waals surface area contributed by atoms with E-state index in [2.05, 4.69) is 9.05 Å². The lowest BCUT2D eigenvalue weighted by atomic mass is 10.2. The first-order valence-electron chi connectivity index (χ1n) is 4.77. The van der Waals surface area contributed by atoms with E-state index in [1.807, 2.05) is 31.4 Å². The van der Waals surface area contributed by atoms with Crippen LogP contribution in [0.15, 0.2) is 28.0 Å². The molecule has 0 radical (unpaired) electrons. The Morgan fingerprint density at radius 3 is 2.35 bits per heavy atom. The van der Waals surface area contributed by atoms with Gasteiger partial charge in [0.05, 0.1) is 0 Å². The average molecular weight is 294 g/mol. The van der Waals surface area contributed by atoms with Crippen molar-refractivity contribution in [2.45, 2.75) is 16.7 Å². The first-order valence-corrected chi connectivity index (χ1v) is 8.19. The molecule has 17 heavy (non-hydrogen) atoms. The lowest BCUT2D eigenvalue weighted by Crippen LogP contribution is -1.89. The Hall–Kier alpha value is 0.0300. The number of hydrogen-bond donors (Lipinski definition) is 0. The second kappa shape index (κ2) is 6.83. The number of rotatable bonds is 6. The van der Waals surface area contributed by atoms with Crippen molar-refractivity contribution in [2.24, 2.45) is 0 Å². The zero-order chi connectivity index (χ0) is 12.9. The Bertz CT molecular complexity index is 417. The van der Waals surface area contributed by atoms with Crippen LogP contribution >= 0.6 is 31.6 Å². The minimum absolute atomic E-state index is 0.856. The van der Waals surface area contributed by atoms with Gasteiger partial charge in [0.25, 0.3) is 0 Å². The summed E-state index contributed by atoms with van der Waals surface area (Å²) in [6.07, 6.45) is 2.02. The van der Waals surface area contributed by atoms with Crippen molar-refractivity contribution in [1.82, 2.24) is 0 Å². The van der Waals surface area contributed by atoms with Gasteiger partial charge in [-0.15, -0.1) is 11.8 Å². The minimum atomic E-state index is -3.42. The molecule has 0 aliphatic carbocycles. The molecular weight excluding hydrogens is 279 g/mol. The highest BCUT2D eigenvalue weighted by molar-refractivity contribution is 7.98. The van der Waals surface area contributed by atoms with Gasteiger partial charge in [-0.3, -0.25) is 9.05 Å². The van der Waals surface area contributed by atoms with Crippen LogP contribution in [0.2, 0.25) is 0 Å². The van der Waals surface area contributed by atoms with E-state index in [1.165, 1.54) is 19.1 Å². The molecule has 0 atom stereocenters. The molecule has 0 bridgehead atoms. The van der Waals surface area contributed by atoms with Gasteiger partial charge in [0, 0.05) is 36.1 Å². The molecule has 0 saturated heterocycles. The van der Waals surface area contributed by atoms with E-state index in [9.17, 15) is 4.57 Å². The van der Waals surface area contributed by atoms with Crippen LogP contribution in [-0.2, 0) is 17.6 Å². The number of phosphoric ester groups is 1. The highest BCUT2D eigenvalue weighted by Gasteiger charge is 2.23. The Morgan fingerprint density at radius 2 is 1.88 bits per heavy atom. The summed E-state index contributed by atoms with van der Waals surface area (Å²) in [5.41, 5.74) is 1.15. The predicted octanol–water partition coefficient (Wildman–Crippen LogP) is 4.14. The van der Waals surface area contributed by atoms with Gasteiger partial charge >= 0.3 is 7.82 Å². The molecule has 0 heterocycles. The molecule has 96 valence electrons. The van der Waals surface area contributed by atoms with E-state index < -0.39 is 7.82 Å². The van der Waals surface area contributed by atoms with Crippen molar-refractivity contribution in [3.8, 4) is 0 Å². The molecule has 1 aromatic carbocycles. The number of thioether (sulfide) groups is 1. The number of benzene rings is 1. The van der Waals surface area contributed by atoms with E-state index in [0.29, 0.717) is 0 Å². The van der Waals surface area contributed by atoms with Crippen molar-refractivity contribution < 1.29 is 17.6 Å². The maximum absolute atomic E-state index is 11.6. The highest BCUT2D eigenvalue weighted by atomic mass is 32.2. The zero-order valence-corrected chi connectivity index (χ0v) is 12.7. The maximum atomic E-state index is 11.6. The molecule has 0 amide bonds. The van der Waals surface area contributed by atoms with Crippen LogP contribution in [0.25, 0.3) is 0 Å². The van der Waals surface area contributed by atoms with Crippen molar-refractivity contribution in [3.63, 3.8) is 0 Å².